The second-order valence-corrected chi connectivity index (χ2v) is 4.96. The molecule has 0 aliphatic carbocycles. The van der Waals surface area contributed by atoms with Crippen LogP contribution in [0.25, 0.3) is 11.3 Å². The lowest BCUT2D eigenvalue weighted by Gasteiger charge is -2.08. The minimum Gasteiger partial charge on any atom is -0.382 e. The number of aromatic nitrogens is 1. The molecule has 0 saturated heterocycles. The molecule has 0 aliphatic rings. The van der Waals surface area contributed by atoms with E-state index in [1.54, 1.807) is 18.2 Å². The summed E-state index contributed by atoms with van der Waals surface area (Å²) in [4.78, 5) is 4.00. The van der Waals surface area contributed by atoms with E-state index in [1.165, 1.54) is 6.07 Å². The Balaban J connectivity index is 2.69. The lowest BCUT2D eigenvalue weighted by molar-refractivity contribution is 0.624. The van der Waals surface area contributed by atoms with E-state index < -0.39 is 5.82 Å². The molecule has 1 aromatic carbocycles. The average molecular weight is 336 g/mol. The van der Waals surface area contributed by atoms with Crippen molar-refractivity contribution in [2.24, 2.45) is 0 Å². The summed E-state index contributed by atoms with van der Waals surface area (Å²) in [6.45, 7) is 0. The maximum atomic E-state index is 13.9. The first kappa shape index (κ1) is 12.6. The van der Waals surface area contributed by atoms with E-state index in [0.717, 1.165) is 0 Å². The quantitative estimate of drug-likeness (QED) is 0.831. The Morgan fingerprint density at radius 1 is 1.24 bits per heavy atom. The van der Waals surface area contributed by atoms with Crippen LogP contribution in [0.3, 0.4) is 0 Å². The molecule has 2 aromatic rings. The van der Waals surface area contributed by atoms with Crippen molar-refractivity contribution in [3.63, 3.8) is 0 Å². The van der Waals surface area contributed by atoms with Gasteiger partial charge in [0.05, 0.1) is 20.2 Å². The van der Waals surface area contributed by atoms with Gasteiger partial charge in [-0.25, -0.2) is 9.37 Å². The van der Waals surface area contributed by atoms with Crippen LogP contribution in [0.1, 0.15) is 0 Å². The number of nitrogen functional groups attached to an aromatic ring is 1. The number of benzene rings is 1. The highest BCUT2D eigenvalue weighted by Crippen LogP contribution is 2.34. The number of pyridine rings is 1. The number of nitrogens with two attached hydrogens (primary N) is 1. The third-order valence-electron chi connectivity index (χ3n) is 2.16. The van der Waals surface area contributed by atoms with Gasteiger partial charge in [0.2, 0.25) is 0 Å². The number of anilines is 1. The summed E-state index contributed by atoms with van der Waals surface area (Å²) in [5.74, 6) is -0.325. The third-order valence-corrected chi connectivity index (χ3v) is 3.37. The number of hydrogen-bond donors (Lipinski definition) is 1. The van der Waals surface area contributed by atoms with Crippen molar-refractivity contribution in [3.8, 4) is 11.3 Å². The van der Waals surface area contributed by atoms with E-state index in [4.69, 9.17) is 28.9 Å². The maximum Gasteiger partial charge on any atom is 0.146 e. The minimum absolute atomic E-state index is 0.116. The molecule has 1 heterocycles. The monoisotopic (exact) mass is 334 g/mol. The second-order valence-electron chi connectivity index (χ2n) is 3.29. The van der Waals surface area contributed by atoms with Gasteiger partial charge in [-0.15, -0.1) is 0 Å². The Morgan fingerprint density at radius 2 is 1.94 bits per heavy atom. The van der Waals surface area contributed by atoms with Crippen LogP contribution in [0, 0.1) is 5.82 Å². The zero-order chi connectivity index (χ0) is 12.6. The van der Waals surface area contributed by atoms with Crippen LogP contribution >= 0.6 is 39.1 Å². The van der Waals surface area contributed by atoms with Gasteiger partial charge < -0.3 is 5.73 Å². The molecule has 0 radical (unpaired) electrons. The summed E-state index contributed by atoms with van der Waals surface area (Å²) in [6.07, 6.45) is 0. The molecule has 1 aromatic heterocycles. The van der Waals surface area contributed by atoms with Gasteiger partial charge in [-0.05, 0) is 34.1 Å². The summed E-state index contributed by atoms with van der Waals surface area (Å²) >= 11 is 14.8. The molecule has 0 atom stereocenters. The van der Waals surface area contributed by atoms with E-state index in [-0.39, 0.29) is 27.1 Å². The second kappa shape index (κ2) is 4.80. The van der Waals surface area contributed by atoms with Crippen molar-refractivity contribution >= 4 is 44.9 Å². The standard InChI is InChI=1S/C11H6BrCl2FN2/c12-6-3-1-2-5(9(6)15)10-7(13)4-8(14)11(16)17-10/h1-4H,(H2,16,17). The van der Waals surface area contributed by atoms with Gasteiger partial charge in [-0.1, -0.05) is 29.3 Å². The first-order valence-corrected chi connectivity index (χ1v) is 6.11. The van der Waals surface area contributed by atoms with Crippen LogP contribution in [-0.2, 0) is 0 Å². The van der Waals surface area contributed by atoms with Crippen LogP contribution in [0.5, 0.6) is 0 Å². The SMILES string of the molecule is Nc1nc(-c2cccc(Br)c2F)c(Cl)cc1Cl. The summed E-state index contributed by atoms with van der Waals surface area (Å²) in [7, 11) is 0. The molecule has 88 valence electrons. The fourth-order valence-electron chi connectivity index (χ4n) is 1.36. The van der Waals surface area contributed by atoms with Gasteiger partial charge in [0.25, 0.3) is 0 Å². The topological polar surface area (TPSA) is 38.9 Å². The van der Waals surface area contributed by atoms with Crippen LogP contribution in [0.15, 0.2) is 28.7 Å². The van der Waals surface area contributed by atoms with Gasteiger partial charge in [-0.2, -0.15) is 0 Å². The molecule has 2 N–H and O–H groups in total. The minimum atomic E-state index is -0.441. The van der Waals surface area contributed by atoms with Crippen molar-refractivity contribution in [1.29, 1.82) is 0 Å². The van der Waals surface area contributed by atoms with E-state index in [0.29, 0.717) is 4.47 Å². The fourth-order valence-corrected chi connectivity index (χ4v) is 2.18. The molecule has 2 nitrogen and oxygen atoms in total. The zero-order valence-corrected chi connectivity index (χ0v) is 11.4. The van der Waals surface area contributed by atoms with Crippen LogP contribution in [-0.4, -0.2) is 4.98 Å². The van der Waals surface area contributed by atoms with Crippen LogP contribution < -0.4 is 5.73 Å². The zero-order valence-electron chi connectivity index (χ0n) is 8.35. The highest BCUT2D eigenvalue weighted by Gasteiger charge is 2.14. The number of nitrogens with zero attached hydrogens (tertiary/aromatic N) is 1. The highest BCUT2D eigenvalue weighted by molar-refractivity contribution is 9.10. The van der Waals surface area contributed by atoms with E-state index >= 15 is 0 Å². The Kier molecular flexibility index (Phi) is 3.56. The van der Waals surface area contributed by atoms with Crippen molar-refractivity contribution in [1.82, 2.24) is 4.98 Å². The Hall–Kier alpha value is -0.840. The number of rotatable bonds is 1. The summed E-state index contributed by atoms with van der Waals surface area (Å²) in [5.41, 5.74) is 6.12. The van der Waals surface area contributed by atoms with Crippen molar-refractivity contribution in [2.45, 2.75) is 0 Å². The molecule has 0 bridgehead atoms. The van der Waals surface area contributed by atoms with Crippen LogP contribution in [0.2, 0.25) is 10.0 Å². The summed E-state index contributed by atoms with van der Waals surface area (Å²) in [6, 6.07) is 6.29. The first-order chi connectivity index (χ1) is 8.00. The molecule has 6 heteroatoms. The van der Waals surface area contributed by atoms with Crippen molar-refractivity contribution in [2.75, 3.05) is 5.73 Å². The molecule has 0 spiro atoms. The van der Waals surface area contributed by atoms with Crippen molar-refractivity contribution < 1.29 is 4.39 Å². The lowest BCUT2D eigenvalue weighted by Crippen LogP contribution is -1.96. The fraction of sp³-hybridized carbons (Fsp3) is 0. The van der Waals surface area contributed by atoms with Crippen LogP contribution in [0.4, 0.5) is 10.2 Å². The maximum absolute atomic E-state index is 13.9. The molecule has 2 rings (SSSR count). The smallest absolute Gasteiger partial charge is 0.146 e. The lowest BCUT2D eigenvalue weighted by atomic mass is 10.1. The van der Waals surface area contributed by atoms with E-state index in [1.807, 2.05) is 0 Å². The molecular formula is C11H6BrCl2FN2. The molecule has 0 aliphatic heterocycles. The molecule has 0 fully saturated rings. The van der Waals surface area contributed by atoms with Gasteiger partial charge in [0.15, 0.2) is 0 Å². The third kappa shape index (κ3) is 2.39. The molecule has 0 saturated carbocycles. The highest BCUT2D eigenvalue weighted by atomic mass is 79.9. The summed E-state index contributed by atoms with van der Waals surface area (Å²) < 4.78 is 14.2. The molecular weight excluding hydrogens is 330 g/mol. The first-order valence-electron chi connectivity index (χ1n) is 4.56. The average Bonchev–Trinajstić information content (AvgIpc) is 2.28. The Bertz CT molecular complexity index is 590. The van der Waals surface area contributed by atoms with E-state index in [2.05, 4.69) is 20.9 Å². The predicted octanol–water partition coefficient (Wildman–Crippen LogP) is 4.54. The van der Waals surface area contributed by atoms with Gasteiger partial charge in [0, 0.05) is 5.56 Å². The number of halogens is 4. The van der Waals surface area contributed by atoms with Gasteiger partial charge in [0.1, 0.15) is 11.6 Å². The molecule has 0 amide bonds. The molecule has 17 heavy (non-hydrogen) atoms. The normalized spacial score (nSPS) is 10.6. The van der Waals surface area contributed by atoms with Gasteiger partial charge >= 0.3 is 0 Å². The summed E-state index contributed by atoms with van der Waals surface area (Å²) in [5, 5.41) is 0.496. The Labute approximate surface area is 116 Å². The van der Waals surface area contributed by atoms with Crippen molar-refractivity contribution in [3.05, 3.63) is 44.6 Å². The van der Waals surface area contributed by atoms with Gasteiger partial charge in [-0.3, -0.25) is 0 Å². The molecule has 0 unspecified atom stereocenters. The van der Waals surface area contributed by atoms with E-state index in [9.17, 15) is 4.39 Å². The number of hydrogen-bond acceptors (Lipinski definition) is 2. The predicted molar refractivity (Wildman–Crippen MR) is 71.8 cm³/mol. The Morgan fingerprint density at radius 3 is 2.65 bits per heavy atom. The largest absolute Gasteiger partial charge is 0.382 e.